The minimum Gasteiger partial charge on any atom is -0.404 e. The van der Waals surface area contributed by atoms with E-state index in [9.17, 15) is 0 Å². The Hall–Kier alpha value is -3.46. The van der Waals surface area contributed by atoms with Crippen molar-refractivity contribution in [1.29, 1.82) is 0 Å². The molecule has 0 saturated carbocycles. The monoisotopic (exact) mass is 392 g/mol. The van der Waals surface area contributed by atoms with Crippen molar-refractivity contribution in [3.8, 4) is 22.8 Å². The van der Waals surface area contributed by atoms with Crippen LogP contribution >= 0.6 is 0 Å². The molecule has 3 aromatic heterocycles. The van der Waals surface area contributed by atoms with E-state index in [0.717, 1.165) is 47.2 Å². The summed E-state index contributed by atoms with van der Waals surface area (Å²) in [5.74, 6) is 1.82. The third-order valence-electron chi connectivity index (χ3n) is 4.71. The lowest BCUT2D eigenvalue weighted by molar-refractivity contribution is 0.590. The van der Waals surface area contributed by atoms with Gasteiger partial charge < -0.3 is 25.8 Å². The second kappa shape index (κ2) is 8.27. The number of nitrogen functional groups attached to an aromatic ring is 1. The molecule has 0 aliphatic rings. The van der Waals surface area contributed by atoms with Gasteiger partial charge in [0, 0.05) is 47.0 Å². The van der Waals surface area contributed by atoms with Gasteiger partial charge in [-0.05, 0) is 37.7 Å². The van der Waals surface area contributed by atoms with Gasteiger partial charge in [0.1, 0.15) is 5.82 Å². The average Bonchev–Trinajstić information content (AvgIpc) is 3.34. The summed E-state index contributed by atoms with van der Waals surface area (Å²) in [6.07, 6.45) is 5.84. The molecule has 0 saturated heterocycles. The summed E-state index contributed by atoms with van der Waals surface area (Å²) in [6, 6.07) is 8.08. The molecule has 4 rings (SSSR count). The zero-order chi connectivity index (χ0) is 20.2. The summed E-state index contributed by atoms with van der Waals surface area (Å²) in [5, 5.41) is 15.4. The molecule has 9 nitrogen and oxygen atoms in total. The van der Waals surface area contributed by atoms with Crippen LogP contribution in [0.25, 0.3) is 33.7 Å². The predicted octanol–water partition coefficient (Wildman–Crippen LogP) is 3.06. The van der Waals surface area contributed by atoms with Gasteiger partial charge in [-0.3, -0.25) is 0 Å². The summed E-state index contributed by atoms with van der Waals surface area (Å²) in [4.78, 5) is 12.5. The number of benzene rings is 1. The number of hydrogen-bond donors (Lipinski definition) is 4. The molecule has 0 bridgehead atoms. The number of H-pyrrole nitrogens is 1. The molecule has 0 amide bonds. The summed E-state index contributed by atoms with van der Waals surface area (Å²) in [7, 11) is 1.95. The summed E-state index contributed by atoms with van der Waals surface area (Å²) >= 11 is 0. The van der Waals surface area contributed by atoms with Crippen LogP contribution in [0, 0.1) is 0 Å². The maximum Gasteiger partial charge on any atom is 0.313 e. The molecule has 0 spiro atoms. The van der Waals surface area contributed by atoms with Crippen molar-refractivity contribution in [2.75, 3.05) is 24.6 Å². The molecule has 1 aromatic carbocycles. The molecule has 4 aromatic rings. The third kappa shape index (κ3) is 4.04. The van der Waals surface area contributed by atoms with Crippen molar-refractivity contribution in [2.24, 2.45) is 0 Å². The molecule has 0 aliphatic heterocycles. The van der Waals surface area contributed by atoms with Crippen molar-refractivity contribution in [1.82, 2.24) is 30.5 Å². The van der Waals surface area contributed by atoms with Crippen molar-refractivity contribution < 1.29 is 4.42 Å². The van der Waals surface area contributed by atoms with E-state index < -0.39 is 0 Å². The molecular formula is C20H24N8O. The fourth-order valence-electron chi connectivity index (χ4n) is 3.39. The maximum atomic E-state index is 5.55. The molecule has 3 heterocycles. The standard InChI is InChI=1S/C20H24N8O/c1-3-4-13(10-22-2)25-17-7-8-23-18(26-17)15-11-24-16-6-5-12(9-14(15)16)19-27-28-20(21)29-19/h5-9,11,13,22,24H,3-4,10H2,1-2H3,(H2,21,28)(H,23,25,26). The first kappa shape index (κ1) is 18.9. The van der Waals surface area contributed by atoms with Crippen LogP contribution in [0.15, 0.2) is 41.1 Å². The minimum atomic E-state index is 0.0414. The van der Waals surface area contributed by atoms with Crippen LogP contribution in [0.3, 0.4) is 0 Å². The largest absolute Gasteiger partial charge is 0.404 e. The van der Waals surface area contributed by atoms with Crippen LogP contribution in [-0.2, 0) is 0 Å². The molecule has 0 radical (unpaired) electrons. The molecule has 1 atom stereocenters. The lowest BCUT2D eigenvalue weighted by Gasteiger charge is -2.18. The van der Waals surface area contributed by atoms with Crippen molar-refractivity contribution in [3.05, 3.63) is 36.7 Å². The maximum absolute atomic E-state index is 5.55. The van der Waals surface area contributed by atoms with Crippen LogP contribution < -0.4 is 16.4 Å². The molecule has 150 valence electrons. The van der Waals surface area contributed by atoms with Gasteiger partial charge >= 0.3 is 6.01 Å². The lowest BCUT2D eigenvalue weighted by Crippen LogP contribution is -2.31. The Balaban J connectivity index is 1.67. The molecule has 5 N–H and O–H groups in total. The van der Waals surface area contributed by atoms with Gasteiger partial charge in [-0.15, -0.1) is 5.10 Å². The molecular weight excluding hydrogens is 368 g/mol. The van der Waals surface area contributed by atoms with Gasteiger partial charge in [0.05, 0.1) is 0 Å². The van der Waals surface area contributed by atoms with Crippen LogP contribution in [0.5, 0.6) is 0 Å². The van der Waals surface area contributed by atoms with Crippen LogP contribution in [0.4, 0.5) is 11.8 Å². The molecule has 0 aliphatic carbocycles. The first-order valence-electron chi connectivity index (χ1n) is 9.63. The minimum absolute atomic E-state index is 0.0414. The number of hydrogen-bond acceptors (Lipinski definition) is 8. The van der Waals surface area contributed by atoms with E-state index in [1.54, 1.807) is 6.20 Å². The molecule has 9 heteroatoms. The van der Waals surface area contributed by atoms with E-state index in [0.29, 0.717) is 17.8 Å². The molecule has 29 heavy (non-hydrogen) atoms. The van der Waals surface area contributed by atoms with Crippen molar-refractivity contribution in [3.63, 3.8) is 0 Å². The Bertz CT molecular complexity index is 1100. The van der Waals surface area contributed by atoms with Crippen molar-refractivity contribution in [2.45, 2.75) is 25.8 Å². The summed E-state index contributed by atoms with van der Waals surface area (Å²) in [5.41, 5.74) is 8.21. The number of aromatic nitrogens is 5. The average molecular weight is 392 g/mol. The Morgan fingerprint density at radius 2 is 2.14 bits per heavy atom. The number of anilines is 2. The first-order valence-corrected chi connectivity index (χ1v) is 9.63. The van der Waals surface area contributed by atoms with Gasteiger partial charge in [-0.2, -0.15) is 0 Å². The second-order valence-electron chi connectivity index (χ2n) is 6.86. The number of rotatable bonds is 8. The number of aromatic amines is 1. The van der Waals surface area contributed by atoms with E-state index >= 15 is 0 Å². The highest BCUT2D eigenvalue weighted by atomic mass is 16.4. The summed E-state index contributed by atoms with van der Waals surface area (Å²) in [6.45, 7) is 3.05. The van der Waals surface area contributed by atoms with Gasteiger partial charge in [0.2, 0.25) is 5.89 Å². The van der Waals surface area contributed by atoms with Crippen LogP contribution in [0.1, 0.15) is 19.8 Å². The SMILES string of the molecule is CCCC(CNC)Nc1ccnc(-c2c[nH]c3ccc(-c4nnc(N)o4)cc23)n1. The predicted molar refractivity (Wildman–Crippen MR) is 113 cm³/mol. The van der Waals surface area contributed by atoms with Gasteiger partial charge in [0.25, 0.3) is 0 Å². The zero-order valence-corrected chi connectivity index (χ0v) is 16.4. The topological polar surface area (TPSA) is 131 Å². The quantitative estimate of drug-likeness (QED) is 0.360. The fourth-order valence-corrected chi connectivity index (χ4v) is 3.39. The van der Waals surface area contributed by atoms with E-state index in [-0.39, 0.29) is 6.01 Å². The van der Waals surface area contributed by atoms with E-state index in [2.05, 4.69) is 37.7 Å². The second-order valence-corrected chi connectivity index (χ2v) is 6.86. The van der Waals surface area contributed by atoms with Gasteiger partial charge in [-0.25, -0.2) is 9.97 Å². The highest BCUT2D eigenvalue weighted by molar-refractivity contribution is 5.96. The normalized spacial score (nSPS) is 12.3. The Morgan fingerprint density at radius 3 is 2.90 bits per heavy atom. The smallest absolute Gasteiger partial charge is 0.313 e. The lowest BCUT2D eigenvalue weighted by atomic mass is 10.1. The zero-order valence-electron chi connectivity index (χ0n) is 16.4. The number of fused-ring (bicyclic) bond motifs is 1. The number of nitrogens with zero attached hydrogens (tertiary/aromatic N) is 4. The molecule has 1 unspecified atom stereocenters. The third-order valence-corrected chi connectivity index (χ3v) is 4.71. The van der Waals surface area contributed by atoms with Gasteiger partial charge in [0.15, 0.2) is 5.82 Å². The highest BCUT2D eigenvalue weighted by Gasteiger charge is 2.14. The van der Waals surface area contributed by atoms with E-state index in [1.165, 1.54) is 0 Å². The van der Waals surface area contributed by atoms with Crippen molar-refractivity contribution >= 4 is 22.7 Å². The summed E-state index contributed by atoms with van der Waals surface area (Å²) < 4.78 is 5.35. The first-order chi connectivity index (χ1) is 14.2. The van der Waals surface area contributed by atoms with Crippen LogP contribution in [-0.4, -0.2) is 44.8 Å². The Morgan fingerprint density at radius 1 is 1.24 bits per heavy atom. The van der Waals surface area contributed by atoms with E-state index in [1.807, 2.05) is 37.5 Å². The highest BCUT2D eigenvalue weighted by Crippen LogP contribution is 2.30. The Kier molecular flexibility index (Phi) is 5.39. The number of nitrogens with two attached hydrogens (primary N) is 1. The van der Waals surface area contributed by atoms with Gasteiger partial charge in [-0.1, -0.05) is 18.4 Å². The number of nitrogens with one attached hydrogen (secondary N) is 3. The number of likely N-dealkylation sites (N-methyl/N-ethyl adjacent to an activating group) is 1. The molecule has 0 fully saturated rings. The van der Waals surface area contributed by atoms with E-state index in [4.69, 9.17) is 15.1 Å². The fraction of sp³-hybridized carbons (Fsp3) is 0.300. The van der Waals surface area contributed by atoms with Crippen LogP contribution in [0.2, 0.25) is 0 Å². The Labute approximate surface area is 168 Å².